The smallest absolute Gasteiger partial charge is 0.330 e. The van der Waals surface area contributed by atoms with Crippen LogP contribution in [-0.4, -0.2) is 17.4 Å². The van der Waals surface area contributed by atoms with E-state index in [1.54, 1.807) is 42.5 Å². The number of hydrogen-bond acceptors (Lipinski definition) is 4. The summed E-state index contributed by atoms with van der Waals surface area (Å²) >= 11 is 0. The molecule has 0 aromatic heterocycles. The van der Waals surface area contributed by atoms with Gasteiger partial charge in [0.05, 0.1) is 12.2 Å². The number of carbonyl (C=O) groups is 1. The molecule has 5 heteroatoms. The molecule has 0 unspecified atom stereocenters. The van der Waals surface area contributed by atoms with Crippen molar-refractivity contribution < 1.29 is 14.4 Å². The molecule has 3 aromatic carbocycles. The summed E-state index contributed by atoms with van der Waals surface area (Å²) in [5.41, 5.74) is 2.59. The van der Waals surface area contributed by atoms with Gasteiger partial charge in [-0.1, -0.05) is 60.7 Å². The van der Waals surface area contributed by atoms with E-state index in [0.717, 1.165) is 5.56 Å². The number of rotatable bonds is 7. The summed E-state index contributed by atoms with van der Waals surface area (Å²) in [6.07, 6.45) is 3.53. The largest absolute Gasteiger partial charge is 0.594 e. The van der Waals surface area contributed by atoms with E-state index in [0.29, 0.717) is 34.8 Å². The fraction of sp³-hybridized carbons (Fsp3) is 0.0870. The van der Waals surface area contributed by atoms with Gasteiger partial charge in [-0.15, -0.1) is 0 Å². The molecular weight excluding hydrogens is 352 g/mol. The minimum absolute atomic E-state index is 0.297. The van der Waals surface area contributed by atoms with Gasteiger partial charge in [-0.3, -0.25) is 0 Å². The first-order valence-electron chi connectivity index (χ1n) is 8.94. The zero-order valence-corrected chi connectivity index (χ0v) is 15.3. The van der Waals surface area contributed by atoms with E-state index in [4.69, 9.17) is 4.74 Å². The molecule has 0 bridgehead atoms. The highest BCUT2D eigenvalue weighted by atomic mass is 16.5. The van der Waals surface area contributed by atoms with Gasteiger partial charge < -0.3 is 9.94 Å². The Labute approximate surface area is 163 Å². The molecular formula is C23H20N2O3. The van der Waals surface area contributed by atoms with Crippen molar-refractivity contribution in [2.45, 2.75) is 6.42 Å². The standard InChI is InChI=1S/C23H20N2O3/c26-23(28-18-17-19-9-3-1-4-10-19)16-15-20-11-7-8-14-22(20)25(27)24-21-12-5-2-6-13-21/h1-16H,17-18H2/b16-15+,25-24?. The summed E-state index contributed by atoms with van der Waals surface area (Å²) in [6.45, 7) is 0.297. The summed E-state index contributed by atoms with van der Waals surface area (Å²) in [5.74, 6) is -0.455. The molecule has 0 aliphatic heterocycles. The van der Waals surface area contributed by atoms with Crippen LogP contribution in [-0.2, 0) is 16.0 Å². The van der Waals surface area contributed by atoms with Crippen LogP contribution in [0.2, 0.25) is 0 Å². The first-order chi connectivity index (χ1) is 13.7. The van der Waals surface area contributed by atoms with Crippen LogP contribution >= 0.6 is 0 Å². The normalized spacial score (nSPS) is 11.5. The Morgan fingerprint density at radius 3 is 2.32 bits per heavy atom. The molecule has 0 fully saturated rings. The first-order valence-corrected chi connectivity index (χ1v) is 8.94. The highest BCUT2D eigenvalue weighted by Crippen LogP contribution is 2.22. The van der Waals surface area contributed by atoms with E-state index < -0.39 is 5.97 Å². The van der Waals surface area contributed by atoms with Gasteiger partial charge in [-0.2, -0.15) is 0 Å². The average Bonchev–Trinajstić information content (AvgIpc) is 2.74. The summed E-state index contributed by atoms with van der Waals surface area (Å²) < 4.78 is 5.22. The Morgan fingerprint density at radius 2 is 1.57 bits per heavy atom. The molecule has 140 valence electrons. The van der Waals surface area contributed by atoms with Crippen molar-refractivity contribution in [1.29, 1.82) is 0 Å². The van der Waals surface area contributed by atoms with Crippen molar-refractivity contribution >= 4 is 23.4 Å². The molecule has 0 spiro atoms. The zero-order valence-electron chi connectivity index (χ0n) is 15.3. The lowest BCUT2D eigenvalue weighted by Gasteiger charge is -2.04. The van der Waals surface area contributed by atoms with Gasteiger partial charge in [-0.25, -0.2) is 4.79 Å². The van der Waals surface area contributed by atoms with Gasteiger partial charge in [0, 0.05) is 23.7 Å². The predicted octanol–water partition coefficient (Wildman–Crippen LogP) is 5.41. The number of nitrogens with zero attached hydrogens (tertiary/aromatic N) is 2. The Morgan fingerprint density at radius 1 is 0.929 bits per heavy atom. The van der Waals surface area contributed by atoms with Crippen LogP contribution in [0.15, 0.2) is 96.1 Å². The number of esters is 1. The molecule has 0 saturated carbocycles. The van der Waals surface area contributed by atoms with Gasteiger partial charge >= 0.3 is 5.97 Å². The lowest BCUT2D eigenvalue weighted by molar-refractivity contribution is -0.435. The highest BCUT2D eigenvalue weighted by Gasteiger charge is 2.10. The maximum atomic E-state index is 12.4. The van der Waals surface area contributed by atoms with Crippen LogP contribution in [0.1, 0.15) is 11.1 Å². The molecule has 0 radical (unpaired) electrons. The topological polar surface area (TPSA) is 64.7 Å². The molecule has 0 N–H and O–H groups in total. The van der Waals surface area contributed by atoms with Crippen LogP contribution in [0.3, 0.4) is 0 Å². The van der Waals surface area contributed by atoms with E-state index in [1.165, 1.54) is 6.08 Å². The van der Waals surface area contributed by atoms with Crippen molar-refractivity contribution in [2.75, 3.05) is 6.61 Å². The average molecular weight is 372 g/mol. The van der Waals surface area contributed by atoms with Crippen LogP contribution in [0, 0.1) is 5.21 Å². The zero-order chi connectivity index (χ0) is 19.6. The summed E-state index contributed by atoms with van der Waals surface area (Å²) in [5, 5.41) is 16.4. The van der Waals surface area contributed by atoms with Crippen LogP contribution in [0.5, 0.6) is 0 Å². The third-order valence-electron chi connectivity index (χ3n) is 3.98. The van der Waals surface area contributed by atoms with Crippen molar-refractivity contribution in [1.82, 2.24) is 0 Å². The number of carbonyl (C=O) groups excluding carboxylic acids is 1. The minimum atomic E-state index is -0.455. The van der Waals surface area contributed by atoms with Crippen molar-refractivity contribution in [2.24, 2.45) is 5.11 Å². The summed E-state index contributed by atoms with van der Waals surface area (Å²) in [6, 6.07) is 25.7. The lowest BCUT2D eigenvalue weighted by Crippen LogP contribution is -2.04. The van der Waals surface area contributed by atoms with E-state index >= 15 is 0 Å². The second-order valence-corrected chi connectivity index (χ2v) is 6.00. The quantitative estimate of drug-likeness (QED) is 0.183. The fourth-order valence-electron chi connectivity index (χ4n) is 2.58. The molecule has 0 amide bonds. The molecule has 5 nitrogen and oxygen atoms in total. The fourth-order valence-corrected chi connectivity index (χ4v) is 2.58. The highest BCUT2D eigenvalue weighted by molar-refractivity contribution is 5.87. The number of ether oxygens (including phenoxy) is 1. The van der Waals surface area contributed by atoms with E-state index in [2.05, 4.69) is 5.11 Å². The second-order valence-electron chi connectivity index (χ2n) is 6.00. The molecule has 0 atom stereocenters. The second kappa shape index (κ2) is 9.83. The first kappa shape index (κ1) is 19.0. The number of hydrogen-bond donors (Lipinski definition) is 0. The Bertz CT molecular complexity index is 967. The maximum absolute atomic E-state index is 12.4. The van der Waals surface area contributed by atoms with Crippen LogP contribution < -0.4 is 0 Å². The molecule has 0 heterocycles. The maximum Gasteiger partial charge on any atom is 0.330 e. The van der Waals surface area contributed by atoms with Crippen molar-refractivity contribution in [3.63, 3.8) is 0 Å². The van der Waals surface area contributed by atoms with Gasteiger partial charge in [0.2, 0.25) is 0 Å². The van der Waals surface area contributed by atoms with Crippen molar-refractivity contribution in [3.8, 4) is 0 Å². The summed E-state index contributed by atoms with van der Waals surface area (Å²) in [4.78, 5) is 12.5. The van der Waals surface area contributed by atoms with Gasteiger partial charge in [0.25, 0.3) is 5.69 Å². The molecule has 0 aliphatic carbocycles. The van der Waals surface area contributed by atoms with Gasteiger partial charge in [0.1, 0.15) is 5.69 Å². The Balaban J connectivity index is 1.64. The number of azo groups is 1. The van der Waals surface area contributed by atoms with E-state index in [9.17, 15) is 10.0 Å². The number of benzene rings is 3. The lowest BCUT2D eigenvalue weighted by atomic mass is 10.1. The van der Waals surface area contributed by atoms with Crippen LogP contribution in [0.4, 0.5) is 11.4 Å². The monoisotopic (exact) mass is 372 g/mol. The number of para-hydroxylation sites is 1. The third kappa shape index (κ3) is 5.64. The Kier molecular flexibility index (Phi) is 6.68. The van der Waals surface area contributed by atoms with Crippen LogP contribution in [0.25, 0.3) is 6.08 Å². The van der Waals surface area contributed by atoms with Gasteiger partial charge in [-0.05, 0) is 34.7 Å². The summed E-state index contributed by atoms with van der Waals surface area (Å²) in [7, 11) is 0. The predicted molar refractivity (Wildman–Crippen MR) is 108 cm³/mol. The van der Waals surface area contributed by atoms with Gasteiger partial charge in [0.15, 0.2) is 0 Å². The van der Waals surface area contributed by atoms with E-state index in [-0.39, 0.29) is 0 Å². The molecule has 28 heavy (non-hydrogen) atoms. The molecule has 0 saturated heterocycles. The molecule has 0 aliphatic rings. The SMILES string of the molecule is O=C(/C=C/c1ccccc1[N+]([O-])=Nc1ccccc1)OCCc1ccccc1. The third-order valence-corrected chi connectivity index (χ3v) is 3.98. The molecule has 3 rings (SSSR count). The van der Waals surface area contributed by atoms with E-state index in [1.807, 2.05) is 48.5 Å². The Hall–Kier alpha value is -3.73. The molecule has 3 aromatic rings. The minimum Gasteiger partial charge on any atom is -0.594 e. The van der Waals surface area contributed by atoms with Crippen molar-refractivity contribution in [3.05, 3.63) is 107 Å².